The molecule has 4 rings (SSSR count). The van der Waals surface area contributed by atoms with Crippen molar-refractivity contribution < 1.29 is 4.79 Å². The maximum absolute atomic E-state index is 13.4. The topological polar surface area (TPSA) is 57.3 Å². The number of nitrogens with zero attached hydrogens (tertiary/aromatic N) is 2. The Morgan fingerprint density at radius 2 is 1.89 bits per heavy atom. The SMILES string of the molecule is O=C(C1CC2(CCNCC2)CN1)N(CCc1ccccc1)Cc1ccccn1. The Kier molecular flexibility index (Phi) is 6.03. The summed E-state index contributed by atoms with van der Waals surface area (Å²) in [7, 11) is 0. The fourth-order valence-electron chi connectivity index (χ4n) is 4.51. The number of benzene rings is 1. The Bertz CT molecular complexity index is 759. The number of piperidine rings is 1. The number of hydrogen-bond donors (Lipinski definition) is 2. The molecule has 5 heteroatoms. The molecule has 1 unspecified atom stereocenters. The largest absolute Gasteiger partial charge is 0.335 e. The smallest absolute Gasteiger partial charge is 0.240 e. The van der Waals surface area contributed by atoms with Gasteiger partial charge in [0.05, 0.1) is 18.3 Å². The highest BCUT2D eigenvalue weighted by Crippen LogP contribution is 2.37. The molecule has 2 N–H and O–H groups in total. The number of hydrogen-bond acceptors (Lipinski definition) is 4. The van der Waals surface area contributed by atoms with E-state index in [1.165, 1.54) is 5.56 Å². The average molecular weight is 379 g/mol. The van der Waals surface area contributed by atoms with E-state index in [4.69, 9.17) is 0 Å². The molecule has 1 aromatic heterocycles. The second kappa shape index (κ2) is 8.84. The Labute approximate surface area is 167 Å². The van der Waals surface area contributed by atoms with Crippen molar-refractivity contribution in [2.75, 3.05) is 26.2 Å². The van der Waals surface area contributed by atoms with Gasteiger partial charge in [-0.15, -0.1) is 0 Å². The molecule has 5 nitrogen and oxygen atoms in total. The zero-order valence-corrected chi connectivity index (χ0v) is 16.4. The molecule has 2 aliphatic heterocycles. The van der Waals surface area contributed by atoms with Gasteiger partial charge < -0.3 is 15.5 Å². The zero-order valence-electron chi connectivity index (χ0n) is 16.4. The summed E-state index contributed by atoms with van der Waals surface area (Å²) in [5, 5.41) is 6.98. The summed E-state index contributed by atoms with van der Waals surface area (Å²) in [5.41, 5.74) is 2.50. The highest BCUT2D eigenvalue weighted by molar-refractivity contribution is 5.82. The number of amides is 1. The van der Waals surface area contributed by atoms with E-state index >= 15 is 0 Å². The van der Waals surface area contributed by atoms with Gasteiger partial charge in [0.1, 0.15) is 0 Å². The number of nitrogens with one attached hydrogen (secondary N) is 2. The molecule has 28 heavy (non-hydrogen) atoms. The van der Waals surface area contributed by atoms with Crippen molar-refractivity contribution in [3.8, 4) is 0 Å². The van der Waals surface area contributed by atoms with E-state index in [1.54, 1.807) is 6.20 Å². The predicted molar refractivity (Wildman–Crippen MR) is 111 cm³/mol. The minimum Gasteiger partial charge on any atom is -0.335 e. The number of rotatable bonds is 6. The van der Waals surface area contributed by atoms with Crippen molar-refractivity contribution in [2.45, 2.75) is 38.3 Å². The Hall–Kier alpha value is -2.24. The molecule has 1 atom stereocenters. The second-order valence-electron chi connectivity index (χ2n) is 8.20. The van der Waals surface area contributed by atoms with Gasteiger partial charge in [0.2, 0.25) is 5.91 Å². The van der Waals surface area contributed by atoms with E-state index in [-0.39, 0.29) is 11.9 Å². The molecule has 0 saturated carbocycles. The number of carbonyl (C=O) groups excluding carboxylic acids is 1. The maximum atomic E-state index is 13.4. The van der Waals surface area contributed by atoms with Crippen LogP contribution in [0, 0.1) is 5.41 Å². The highest BCUT2D eigenvalue weighted by Gasteiger charge is 2.43. The van der Waals surface area contributed by atoms with Gasteiger partial charge in [0.15, 0.2) is 0 Å². The van der Waals surface area contributed by atoms with E-state index in [0.717, 1.165) is 51.0 Å². The van der Waals surface area contributed by atoms with Crippen molar-refractivity contribution in [1.82, 2.24) is 20.5 Å². The third kappa shape index (κ3) is 4.59. The number of carbonyl (C=O) groups is 1. The molecule has 148 valence electrons. The van der Waals surface area contributed by atoms with Gasteiger partial charge in [0.25, 0.3) is 0 Å². The molecular formula is C23H30N4O. The maximum Gasteiger partial charge on any atom is 0.240 e. The van der Waals surface area contributed by atoms with Crippen molar-refractivity contribution in [3.05, 3.63) is 66.0 Å². The van der Waals surface area contributed by atoms with Crippen LogP contribution in [0.4, 0.5) is 0 Å². The van der Waals surface area contributed by atoms with E-state index < -0.39 is 0 Å². The predicted octanol–water partition coefficient (Wildman–Crippen LogP) is 2.38. The van der Waals surface area contributed by atoms with Gasteiger partial charge in [-0.05, 0) is 61.9 Å². The normalized spacial score (nSPS) is 20.9. The summed E-state index contributed by atoms with van der Waals surface area (Å²) in [6.45, 7) is 4.37. The number of aromatic nitrogens is 1. The van der Waals surface area contributed by atoms with Crippen LogP contribution in [0.25, 0.3) is 0 Å². The molecule has 0 bridgehead atoms. The van der Waals surface area contributed by atoms with Crippen LogP contribution >= 0.6 is 0 Å². The van der Waals surface area contributed by atoms with Gasteiger partial charge in [-0.2, -0.15) is 0 Å². The molecule has 2 aromatic rings. The minimum absolute atomic E-state index is 0.0717. The summed E-state index contributed by atoms with van der Waals surface area (Å²) < 4.78 is 0. The fourth-order valence-corrected chi connectivity index (χ4v) is 4.51. The van der Waals surface area contributed by atoms with Crippen LogP contribution in [0.1, 0.15) is 30.5 Å². The molecule has 1 amide bonds. The van der Waals surface area contributed by atoms with E-state index in [1.807, 2.05) is 29.2 Å². The Morgan fingerprint density at radius 1 is 1.11 bits per heavy atom. The molecule has 3 heterocycles. The van der Waals surface area contributed by atoms with Gasteiger partial charge in [-0.3, -0.25) is 9.78 Å². The lowest BCUT2D eigenvalue weighted by molar-refractivity contribution is -0.134. The van der Waals surface area contributed by atoms with Gasteiger partial charge in [0, 0.05) is 19.3 Å². The highest BCUT2D eigenvalue weighted by atomic mass is 16.2. The summed E-state index contributed by atoms with van der Waals surface area (Å²) in [4.78, 5) is 19.9. The average Bonchev–Trinajstić information content (AvgIpc) is 3.16. The first-order chi connectivity index (χ1) is 13.7. The van der Waals surface area contributed by atoms with E-state index in [0.29, 0.717) is 18.5 Å². The third-order valence-corrected chi connectivity index (χ3v) is 6.23. The molecule has 0 radical (unpaired) electrons. The summed E-state index contributed by atoms with van der Waals surface area (Å²) in [6.07, 6.45) is 5.94. The zero-order chi connectivity index (χ0) is 19.2. The van der Waals surface area contributed by atoms with Gasteiger partial charge >= 0.3 is 0 Å². The molecule has 2 fully saturated rings. The Morgan fingerprint density at radius 3 is 2.64 bits per heavy atom. The van der Waals surface area contributed by atoms with Crippen LogP contribution in [0.15, 0.2) is 54.7 Å². The molecule has 1 aromatic carbocycles. The van der Waals surface area contributed by atoms with E-state index in [9.17, 15) is 4.79 Å². The van der Waals surface area contributed by atoms with Crippen molar-refractivity contribution in [2.24, 2.45) is 5.41 Å². The van der Waals surface area contributed by atoms with Crippen LogP contribution in [-0.4, -0.2) is 48.0 Å². The first-order valence-corrected chi connectivity index (χ1v) is 10.4. The summed E-state index contributed by atoms with van der Waals surface area (Å²) >= 11 is 0. The van der Waals surface area contributed by atoms with Crippen LogP contribution in [0.3, 0.4) is 0 Å². The third-order valence-electron chi connectivity index (χ3n) is 6.23. The fraction of sp³-hybridized carbons (Fsp3) is 0.478. The van der Waals surface area contributed by atoms with Gasteiger partial charge in [-0.25, -0.2) is 0 Å². The quantitative estimate of drug-likeness (QED) is 0.810. The molecule has 0 aliphatic carbocycles. The lowest BCUT2D eigenvalue weighted by atomic mass is 9.77. The van der Waals surface area contributed by atoms with Crippen LogP contribution < -0.4 is 10.6 Å². The lowest BCUT2D eigenvalue weighted by Crippen LogP contribution is -2.44. The molecular weight excluding hydrogens is 348 g/mol. The number of pyridine rings is 1. The van der Waals surface area contributed by atoms with Crippen molar-refractivity contribution >= 4 is 5.91 Å². The van der Waals surface area contributed by atoms with Gasteiger partial charge in [-0.1, -0.05) is 36.4 Å². The first kappa shape index (κ1) is 19.1. The molecule has 2 saturated heterocycles. The van der Waals surface area contributed by atoms with Crippen molar-refractivity contribution in [1.29, 1.82) is 0 Å². The summed E-state index contributed by atoms with van der Waals surface area (Å²) in [5.74, 6) is 0.219. The van der Waals surface area contributed by atoms with Crippen molar-refractivity contribution in [3.63, 3.8) is 0 Å². The molecule has 2 aliphatic rings. The first-order valence-electron chi connectivity index (χ1n) is 10.4. The van der Waals surface area contributed by atoms with Crippen LogP contribution in [0.5, 0.6) is 0 Å². The lowest BCUT2D eigenvalue weighted by Gasteiger charge is -2.33. The van der Waals surface area contributed by atoms with Crippen LogP contribution in [0.2, 0.25) is 0 Å². The second-order valence-corrected chi connectivity index (χ2v) is 8.20. The Balaban J connectivity index is 1.45. The van der Waals surface area contributed by atoms with E-state index in [2.05, 4.69) is 39.9 Å². The monoisotopic (exact) mass is 378 g/mol. The minimum atomic E-state index is -0.0717. The molecule has 1 spiro atoms. The summed E-state index contributed by atoms with van der Waals surface area (Å²) in [6, 6.07) is 16.2. The van der Waals surface area contributed by atoms with Crippen LogP contribution in [-0.2, 0) is 17.8 Å². The standard InChI is InChI=1S/C23H30N4O/c28-22(21-16-23(18-26-21)10-13-24-14-11-23)27(17-20-8-4-5-12-25-20)15-9-19-6-2-1-3-7-19/h1-8,12,21,24,26H,9-11,13-18H2.